The molecule has 0 aromatic carbocycles. The number of hydrogen-bond donors (Lipinski definition) is 0. The Morgan fingerprint density at radius 3 is 2.65 bits per heavy atom. The van der Waals surface area contributed by atoms with E-state index in [1.54, 1.807) is 0 Å². The standard InChI is InChI=1S/C16H24O2S2/c1-16(2,3)10-18-15(19)20-14-12-9-7-5-4-6-8-11(12)13(14)17/h4-5,11-12,14H,6-10H2,1-3H3/b5-4-/t11-,12+,14?/m0/s1. The highest BCUT2D eigenvalue weighted by atomic mass is 32.2. The molecule has 0 aromatic rings. The van der Waals surface area contributed by atoms with Gasteiger partial charge >= 0.3 is 0 Å². The average Bonchev–Trinajstić information content (AvgIpc) is 2.34. The van der Waals surface area contributed by atoms with E-state index < -0.39 is 0 Å². The van der Waals surface area contributed by atoms with E-state index in [-0.39, 0.29) is 16.6 Å². The van der Waals surface area contributed by atoms with Crippen molar-refractivity contribution in [1.82, 2.24) is 0 Å². The average molecular weight is 313 g/mol. The normalized spacial score (nSPS) is 31.6. The Kier molecular flexibility index (Phi) is 5.30. The van der Waals surface area contributed by atoms with Crippen molar-refractivity contribution in [2.75, 3.05) is 6.61 Å². The Morgan fingerprint density at radius 2 is 2.00 bits per heavy atom. The first-order valence-corrected chi connectivity index (χ1v) is 8.69. The van der Waals surface area contributed by atoms with E-state index in [9.17, 15) is 4.79 Å². The van der Waals surface area contributed by atoms with Crippen LogP contribution >= 0.6 is 24.0 Å². The van der Waals surface area contributed by atoms with E-state index >= 15 is 0 Å². The summed E-state index contributed by atoms with van der Waals surface area (Å²) in [7, 11) is 0. The Morgan fingerprint density at radius 1 is 1.35 bits per heavy atom. The molecular weight excluding hydrogens is 288 g/mol. The summed E-state index contributed by atoms with van der Waals surface area (Å²) in [6.07, 6.45) is 8.69. The Balaban J connectivity index is 1.85. The van der Waals surface area contributed by atoms with Gasteiger partial charge in [0, 0.05) is 5.92 Å². The van der Waals surface area contributed by atoms with E-state index in [1.807, 2.05) is 0 Å². The van der Waals surface area contributed by atoms with Crippen LogP contribution in [0.1, 0.15) is 46.5 Å². The lowest BCUT2D eigenvalue weighted by atomic mass is 9.67. The molecule has 1 unspecified atom stereocenters. The number of Topliss-reactive ketones (excluding diaryl/α,β-unsaturated/α-hetero) is 1. The van der Waals surface area contributed by atoms with Gasteiger partial charge in [-0.15, -0.1) is 0 Å². The second-order valence-electron chi connectivity index (χ2n) is 6.94. The van der Waals surface area contributed by atoms with Crippen molar-refractivity contribution in [3.8, 4) is 0 Å². The Hall–Kier alpha value is -0.350. The molecule has 2 rings (SSSR count). The van der Waals surface area contributed by atoms with Crippen LogP contribution in [-0.4, -0.2) is 22.0 Å². The minimum absolute atomic E-state index is 0.0407. The highest BCUT2D eigenvalue weighted by molar-refractivity contribution is 8.23. The fourth-order valence-electron chi connectivity index (χ4n) is 2.79. The topological polar surface area (TPSA) is 26.3 Å². The molecule has 0 N–H and O–H groups in total. The summed E-state index contributed by atoms with van der Waals surface area (Å²) in [5.41, 5.74) is 0.0990. The van der Waals surface area contributed by atoms with Crippen LogP contribution in [0.3, 0.4) is 0 Å². The molecule has 0 aromatic heterocycles. The summed E-state index contributed by atoms with van der Waals surface area (Å²) in [5.74, 6) is 1.15. The molecule has 0 spiro atoms. The zero-order chi connectivity index (χ0) is 14.8. The van der Waals surface area contributed by atoms with Crippen LogP contribution in [0.15, 0.2) is 12.2 Å². The van der Waals surface area contributed by atoms with Crippen LogP contribution in [0.5, 0.6) is 0 Å². The van der Waals surface area contributed by atoms with Crippen molar-refractivity contribution >= 4 is 34.1 Å². The molecule has 0 saturated heterocycles. The first-order valence-electron chi connectivity index (χ1n) is 7.40. The molecule has 1 fully saturated rings. The number of thioether (sulfide) groups is 1. The lowest BCUT2D eigenvalue weighted by molar-refractivity contribution is -0.133. The van der Waals surface area contributed by atoms with E-state index in [4.69, 9.17) is 17.0 Å². The van der Waals surface area contributed by atoms with Crippen molar-refractivity contribution in [3.63, 3.8) is 0 Å². The largest absolute Gasteiger partial charge is 0.478 e. The minimum Gasteiger partial charge on any atom is -0.478 e. The second kappa shape index (κ2) is 6.61. The van der Waals surface area contributed by atoms with Gasteiger partial charge in [-0.1, -0.05) is 44.7 Å². The molecule has 20 heavy (non-hydrogen) atoms. The monoisotopic (exact) mass is 312 g/mol. The molecule has 0 amide bonds. The molecule has 112 valence electrons. The maximum Gasteiger partial charge on any atom is 0.220 e. The van der Waals surface area contributed by atoms with Gasteiger partial charge in [-0.2, -0.15) is 0 Å². The number of ether oxygens (including phenoxy) is 1. The third-order valence-corrected chi connectivity index (χ3v) is 5.43. The van der Waals surface area contributed by atoms with E-state index in [2.05, 4.69) is 32.9 Å². The number of carbonyl (C=O) groups is 1. The van der Waals surface area contributed by atoms with Crippen molar-refractivity contribution < 1.29 is 9.53 Å². The van der Waals surface area contributed by atoms with E-state index in [0.717, 1.165) is 25.7 Å². The zero-order valence-electron chi connectivity index (χ0n) is 12.6. The van der Waals surface area contributed by atoms with Gasteiger partial charge in [0.2, 0.25) is 4.38 Å². The van der Waals surface area contributed by atoms with Crippen molar-refractivity contribution in [2.45, 2.75) is 51.7 Å². The molecule has 1 saturated carbocycles. The van der Waals surface area contributed by atoms with Gasteiger partial charge in [0.05, 0.1) is 11.9 Å². The molecule has 4 heteroatoms. The molecular formula is C16H24O2S2. The molecule has 0 aliphatic heterocycles. The SMILES string of the molecule is CC(C)(C)COC(=S)SC1C(=O)[C@H]2CC/C=C\CC[C@@H]12. The number of fused-ring (bicyclic) bond motifs is 1. The molecule has 2 aliphatic carbocycles. The zero-order valence-corrected chi connectivity index (χ0v) is 14.2. The van der Waals surface area contributed by atoms with Gasteiger partial charge in [0.15, 0.2) is 0 Å². The summed E-state index contributed by atoms with van der Waals surface area (Å²) in [6, 6.07) is 0. The lowest BCUT2D eigenvalue weighted by Gasteiger charge is -2.43. The fraction of sp³-hybridized carbons (Fsp3) is 0.750. The predicted octanol–water partition coefficient (Wildman–Crippen LogP) is 4.38. The first-order chi connectivity index (χ1) is 9.38. The lowest BCUT2D eigenvalue weighted by Crippen LogP contribution is -2.50. The summed E-state index contributed by atoms with van der Waals surface area (Å²) in [4.78, 5) is 12.2. The minimum atomic E-state index is 0.0407. The summed E-state index contributed by atoms with van der Waals surface area (Å²) >= 11 is 6.75. The number of hydrogen-bond acceptors (Lipinski definition) is 4. The first kappa shape index (κ1) is 16.0. The molecule has 0 radical (unpaired) electrons. The van der Waals surface area contributed by atoms with Crippen LogP contribution in [-0.2, 0) is 9.53 Å². The third kappa shape index (κ3) is 4.08. The second-order valence-corrected chi connectivity index (χ2v) is 8.68. The molecule has 3 atom stereocenters. The quantitative estimate of drug-likeness (QED) is 0.558. The number of rotatable bonds is 2. The molecule has 0 bridgehead atoms. The number of allylic oxidation sites excluding steroid dienone is 2. The van der Waals surface area contributed by atoms with Crippen LogP contribution < -0.4 is 0 Å². The summed E-state index contributed by atoms with van der Waals surface area (Å²) in [6.45, 7) is 6.96. The van der Waals surface area contributed by atoms with Crippen LogP contribution in [0.25, 0.3) is 0 Å². The van der Waals surface area contributed by atoms with E-state index in [0.29, 0.717) is 22.7 Å². The Bertz CT molecular complexity index is 409. The number of thiocarbonyl (C=S) groups is 1. The van der Waals surface area contributed by atoms with Crippen molar-refractivity contribution in [3.05, 3.63) is 12.2 Å². The fourth-order valence-corrected chi connectivity index (χ4v) is 4.29. The van der Waals surface area contributed by atoms with Gasteiger partial charge in [-0.3, -0.25) is 4.79 Å². The van der Waals surface area contributed by atoms with E-state index in [1.165, 1.54) is 11.8 Å². The molecule has 0 heterocycles. The smallest absolute Gasteiger partial charge is 0.220 e. The summed E-state index contributed by atoms with van der Waals surface area (Å²) in [5, 5.41) is 0.0407. The van der Waals surface area contributed by atoms with Crippen molar-refractivity contribution in [1.29, 1.82) is 0 Å². The molecule has 2 nitrogen and oxygen atoms in total. The predicted molar refractivity (Wildman–Crippen MR) is 89.0 cm³/mol. The van der Waals surface area contributed by atoms with Crippen molar-refractivity contribution in [2.24, 2.45) is 17.3 Å². The Labute approximate surface area is 131 Å². The van der Waals surface area contributed by atoms with Gasteiger partial charge in [-0.25, -0.2) is 0 Å². The van der Waals surface area contributed by atoms with Crippen LogP contribution in [0.4, 0.5) is 0 Å². The summed E-state index contributed by atoms with van der Waals surface area (Å²) < 4.78 is 6.16. The molecule has 2 aliphatic rings. The van der Waals surface area contributed by atoms with Crippen LogP contribution in [0.2, 0.25) is 0 Å². The maximum atomic E-state index is 12.2. The van der Waals surface area contributed by atoms with Gasteiger partial charge in [-0.05, 0) is 49.2 Å². The van der Waals surface area contributed by atoms with Gasteiger partial charge in [0.25, 0.3) is 0 Å². The third-order valence-electron chi connectivity index (χ3n) is 3.88. The van der Waals surface area contributed by atoms with Gasteiger partial charge < -0.3 is 4.74 Å². The highest BCUT2D eigenvalue weighted by Crippen LogP contribution is 2.46. The van der Waals surface area contributed by atoms with Gasteiger partial charge in [0.1, 0.15) is 5.78 Å². The highest BCUT2D eigenvalue weighted by Gasteiger charge is 2.49. The number of ketones is 1. The number of carbonyl (C=O) groups excluding carboxylic acids is 1. The maximum absolute atomic E-state index is 12.2. The van der Waals surface area contributed by atoms with Crippen LogP contribution in [0, 0.1) is 17.3 Å².